The smallest absolute Gasteiger partial charge is 0.408 e. The number of carboxylic acid groups (broad SMARTS) is 1. The number of amides is 7. The number of aliphatic hydroxyl groups excluding tert-OH is 1. The summed E-state index contributed by atoms with van der Waals surface area (Å²) >= 11 is 0. The number of nitrogens with one attached hydrogen (secondary N) is 7. The molecule has 4 rings (SSSR count). The van der Waals surface area contributed by atoms with Gasteiger partial charge in [-0.1, -0.05) is 149 Å². The molecule has 0 bridgehead atoms. The first kappa shape index (κ1) is 59.9. The van der Waals surface area contributed by atoms with Gasteiger partial charge in [0.2, 0.25) is 35.4 Å². The number of ether oxygens (including phenoxy) is 2. The van der Waals surface area contributed by atoms with E-state index in [0.29, 0.717) is 22.3 Å². The molecule has 19 nitrogen and oxygen atoms in total. The third-order valence-electron chi connectivity index (χ3n) is 12.0. The molecule has 4 aromatic rings. The van der Waals surface area contributed by atoms with Crippen LogP contribution in [0.5, 0.6) is 0 Å². The lowest BCUT2D eigenvalue weighted by Gasteiger charge is -2.37. The standard InChI is InChI=1S/C56H73N7O12/c1-33(2)44(60-51(69)46(36(6)64)62-54(73)74-32-38-23-15-11-16-24-38)49(67)59-45(34(3)4)50(68)61-47(37(7)75-55(8,9)10)52(70)58-42(48(66)57-35(5)53(71)72)31-43(65)63-56(39-25-17-12-18-26-39,40-27-19-13-20-28-40)41-29-21-14-22-30-41/h11-30,33-37,42,44-47,64H,31-32H2,1-10H3,(H,57,66)(H,58,70)(H,59,67)(H,60,69)(H,61,68)(H,62,73)(H,63,65)(H,71,72)/t35-,36-,37-,42-,44-,45+,46+,47-/m1/s1. The summed E-state index contributed by atoms with van der Waals surface area (Å²) in [5.41, 5.74) is 0.472. The van der Waals surface area contributed by atoms with Crippen molar-refractivity contribution < 1.29 is 58.0 Å². The molecular weight excluding hydrogens is 963 g/mol. The minimum atomic E-state index is -1.72. The molecule has 404 valence electrons. The fourth-order valence-corrected chi connectivity index (χ4v) is 8.19. The van der Waals surface area contributed by atoms with Gasteiger partial charge in [0.05, 0.1) is 24.2 Å². The highest BCUT2D eigenvalue weighted by Crippen LogP contribution is 2.37. The minimum Gasteiger partial charge on any atom is -0.480 e. The molecule has 7 amide bonds. The average Bonchev–Trinajstić information content (AvgIpc) is 3.36. The SMILES string of the molecule is CC(C)[C@H](NC(=O)[C@H](NC(=O)[C@@H](NC(=O)OCc1ccccc1)[C@@H](C)O)C(C)C)C(=O)N[C@@H](C(=O)N[C@H](CC(=O)NC(c1ccccc1)(c1ccccc1)c1ccccc1)C(=O)N[C@H](C)C(=O)O)[C@@H](C)OC(C)(C)C. The van der Waals surface area contributed by atoms with Crippen LogP contribution in [0, 0.1) is 11.8 Å². The lowest BCUT2D eigenvalue weighted by Crippen LogP contribution is -2.63. The van der Waals surface area contributed by atoms with Crippen molar-refractivity contribution >= 4 is 47.5 Å². The van der Waals surface area contributed by atoms with Crippen LogP contribution in [0.15, 0.2) is 121 Å². The van der Waals surface area contributed by atoms with Gasteiger partial charge in [-0.25, -0.2) is 4.79 Å². The summed E-state index contributed by atoms with van der Waals surface area (Å²) < 4.78 is 11.4. The van der Waals surface area contributed by atoms with Crippen molar-refractivity contribution in [2.24, 2.45) is 11.8 Å². The summed E-state index contributed by atoms with van der Waals surface area (Å²) in [7, 11) is 0. The third-order valence-corrected chi connectivity index (χ3v) is 12.0. The topological polar surface area (TPSA) is 280 Å². The molecule has 0 unspecified atom stereocenters. The molecule has 0 saturated carbocycles. The third kappa shape index (κ3) is 17.5. The van der Waals surface area contributed by atoms with Crippen molar-refractivity contribution in [1.29, 1.82) is 0 Å². The van der Waals surface area contributed by atoms with Gasteiger partial charge in [0.1, 0.15) is 48.4 Å². The van der Waals surface area contributed by atoms with Crippen LogP contribution in [0.25, 0.3) is 0 Å². The van der Waals surface area contributed by atoms with Crippen LogP contribution in [0.3, 0.4) is 0 Å². The van der Waals surface area contributed by atoms with E-state index in [1.54, 1.807) is 78.8 Å². The van der Waals surface area contributed by atoms with Crippen molar-refractivity contribution in [1.82, 2.24) is 37.2 Å². The molecule has 0 fully saturated rings. The number of hydrogen-bond donors (Lipinski definition) is 9. The van der Waals surface area contributed by atoms with Gasteiger partial charge in [-0.05, 0) is 75.6 Å². The maximum atomic E-state index is 14.7. The molecule has 19 heteroatoms. The zero-order valence-electron chi connectivity index (χ0n) is 44.2. The van der Waals surface area contributed by atoms with Crippen LogP contribution >= 0.6 is 0 Å². The number of aliphatic hydroxyl groups is 1. The quantitative estimate of drug-likeness (QED) is 0.0423. The second kappa shape index (κ2) is 27.6. The Kier molecular flexibility index (Phi) is 22.0. The number of aliphatic carboxylic acids is 1. The Hall–Kier alpha value is -7.64. The number of hydrogen-bond acceptors (Lipinski definition) is 11. The highest BCUT2D eigenvalue weighted by Gasteiger charge is 2.41. The van der Waals surface area contributed by atoms with E-state index < -0.39 is 125 Å². The van der Waals surface area contributed by atoms with E-state index in [4.69, 9.17) is 9.47 Å². The Morgan fingerprint density at radius 3 is 1.31 bits per heavy atom. The van der Waals surface area contributed by atoms with Gasteiger partial charge in [0, 0.05) is 0 Å². The minimum absolute atomic E-state index is 0.112. The number of benzene rings is 4. The van der Waals surface area contributed by atoms with Crippen LogP contribution in [0.1, 0.15) is 97.9 Å². The molecule has 75 heavy (non-hydrogen) atoms. The largest absolute Gasteiger partial charge is 0.480 e. The molecule has 0 radical (unpaired) electrons. The molecule has 0 aliphatic heterocycles. The van der Waals surface area contributed by atoms with E-state index in [1.807, 2.05) is 91.0 Å². The van der Waals surface area contributed by atoms with Crippen molar-refractivity contribution in [2.45, 2.75) is 142 Å². The van der Waals surface area contributed by atoms with Crippen LogP contribution in [-0.4, -0.2) is 112 Å². The van der Waals surface area contributed by atoms with E-state index in [2.05, 4.69) is 37.2 Å². The van der Waals surface area contributed by atoms with E-state index in [-0.39, 0.29) is 6.61 Å². The summed E-state index contributed by atoms with van der Waals surface area (Å²) in [6, 6.07) is 27.3. The maximum Gasteiger partial charge on any atom is 0.408 e. The first-order valence-electron chi connectivity index (χ1n) is 24.9. The van der Waals surface area contributed by atoms with Crippen LogP contribution in [0.4, 0.5) is 4.79 Å². The molecule has 0 aromatic heterocycles. The lowest BCUT2D eigenvalue weighted by molar-refractivity contribution is -0.143. The zero-order valence-corrected chi connectivity index (χ0v) is 44.2. The zero-order chi connectivity index (χ0) is 55.6. The fraction of sp³-hybridized carbons (Fsp3) is 0.429. The second-order valence-electron chi connectivity index (χ2n) is 20.0. The van der Waals surface area contributed by atoms with Crippen molar-refractivity contribution in [3.63, 3.8) is 0 Å². The summed E-state index contributed by atoms with van der Waals surface area (Å²) in [5.74, 6) is -7.92. The number of rotatable bonds is 25. The van der Waals surface area contributed by atoms with Crippen molar-refractivity contribution in [2.75, 3.05) is 0 Å². The summed E-state index contributed by atoms with van der Waals surface area (Å²) in [4.78, 5) is 110. The first-order chi connectivity index (χ1) is 35.3. The van der Waals surface area contributed by atoms with Crippen LogP contribution in [0.2, 0.25) is 0 Å². The lowest BCUT2D eigenvalue weighted by atomic mass is 9.77. The monoisotopic (exact) mass is 1040 g/mol. The Labute approximate surface area is 438 Å². The van der Waals surface area contributed by atoms with E-state index in [9.17, 15) is 48.6 Å². The number of alkyl carbamates (subject to hydrolysis) is 1. The van der Waals surface area contributed by atoms with Gasteiger partial charge in [-0.3, -0.25) is 33.6 Å². The maximum absolute atomic E-state index is 14.7. The van der Waals surface area contributed by atoms with Gasteiger partial charge in [-0.15, -0.1) is 0 Å². The summed E-state index contributed by atoms with van der Waals surface area (Å²) in [6.07, 6.45) is -4.25. The molecule has 0 aliphatic carbocycles. The molecular formula is C56H73N7O12. The van der Waals surface area contributed by atoms with E-state index in [0.717, 1.165) is 0 Å². The Bertz CT molecular complexity index is 2440. The van der Waals surface area contributed by atoms with Crippen LogP contribution < -0.4 is 37.2 Å². The molecule has 0 aliphatic rings. The highest BCUT2D eigenvalue weighted by atomic mass is 16.5. The Balaban J connectivity index is 1.63. The predicted octanol–water partition coefficient (Wildman–Crippen LogP) is 4.20. The molecule has 0 heterocycles. The predicted molar refractivity (Wildman–Crippen MR) is 280 cm³/mol. The molecule has 9 N–H and O–H groups in total. The summed E-state index contributed by atoms with van der Waals surface area (Å²) in [6.45, 7) is 15.6. The average molecular weight is 1040 g/mol. The molecule has 4 aromatic carbocycles. The molecule has 0 spiro atoms. The number of carbonyl (C=O) groups excluding carboxylic acids is 7. The van der Waals surface area contributed by atoms with E-state index in [1.165, 1.54) is 20.8 Å². The Morgan fingerprint density at radius 2 is 0.907 bits per heavy atom. The normalized spacial score (nSPS) is 14.8. The Morgan fingerprint density at radius 1 is 0.507 bits per heavy atom. The summed E-state index contributed by atoms with van der Waals surface area (Å²) in [5, 5.41) is 38.6. The van der Waals surface area contributed by atoms with Gasteiger partial charge >= 0.3 is 12.1 Å². The van der Waals surface area contributed by atoms with Gasteiger partial charge < -0.3 is 56.9 Å². The van der Waals surface area contributed by atoms with E-state index >= 15 is 0 Å². The number of carbonyl (C=O) groups is 8. The second-order valence-corrected chi connectivity index (χ2v) is 20.0. The van der Waals surface area contributed by atoms with Gasteiger partial charge in [0.25, 0.3) is 0 Å². The molecule has 0 saturated heterocycles. The van der Waals surface area contributed by atoms with Crippen molar-refractivity contribution in [3.8, 4) is 0 Å². The van der Waals surface area contributed by atoms with Crippen molar-refractivity contribution in [3.05, 3.63) is 144 Å². The molecule has 8 atom stereocenters. The van der Waals surface area contributed by atoms with Gasteiger partial charge in [0.15, 0.2) is 0 Å². The number of carboxylic acids is 1. The highest BCUT2D eigenvalue weighted by molar-refractivity contribution is 5.98. The van der Waals surface area contributed by atoms with Crippen LogP contribution in [-0.2, 0) is 55.2 Å². The van der Waals surface area contributed by atoms with Gasteiger partial charge in [-0.2, -0.15) is 0 Å². The first-order valence-corrected chi connectivity index (χ1v) is 24.9. The fourth-order valence-electron chi connectivity index (χ4n) is 8.19.